The highest BCUT2D eigenvalue weighted by Crippen LogP contribution is 2.25. The summed E-state index contributed by atoms with van der Waals surface area (Å²) in [4.78, 5) is 16.7. The summed E-state index contributed by atoms with van der Waals surface area (Å²) in [5, 5.41) is 11.3. The van der Waals surface area contributed by atoms with E-state index in [1.165, 1.54) is 0 Å². The number of carbonyl (C=O) groups excluding carboxylic acids is 1. The number of rotatable bonds is 7. The molecule has 2 heterocycles. The maximum absolute atomic E-state index is 12.3. The van der Waals surface area contributed by atoms with Crippen LogP contribution in [0.5, 0.6) is 0 Å². The van der Waals surface area contributed by atoms with Crippen molar-refractivity contribution in [2.75, 3.05) is 0 Å². The highest BCUT2D eigenvalue weighted by atomic mass is 16.6. The van der Waals surface area contributed by atoms with Gasteiger partial charge in [-0.05, 0) is 26.7 Å². The third-order valence-electron chi connectivity index (χ3n) is 4.65. The van der Waals surface area contributed by atoms with Crippen LogP contribution in [0.2, 0.25) is 0 Å². The molecule has 0 spiro atoms. The first-order chi connectivity index (χ1) is 14.2. The Hall–Kier alpha value is -3.16. The van der Waals surface area contributed by atoms with E-state index in [1.807, 2.05) is 64.2 Å². The van der Waals surface area contributed by atoms with Crippen molar-refractivity contribution in [1.82, 2.24) is 25.3 Å². The average molecular weight is 412 g/mol. The van der Waals surface area contributed by atoms with Gasteiger partial charge in [-0.25, -0.2) is 14.5 Å². The molecule has 0 fully saturated rings. The summed E-state index contributed by atoms with van der Waals surface area (Å²) in [5.41, 5.74) is 1.22. The molecule has 0 radical (unpaired) electrons. The van der Waals surface area contributed by atoms with Crippen LogP contribution in [0.25, 0.3) is 11.3 Å². The summed E-state index contributed by atoms with van der Waals surface area (Å²) in [6.07, 6.45) is 3.88. The van der Waals surface area contributed by atoms with Gasteiger partial charge in [0.05, 0.1) is 12.4 Å². The number of hydrogen-bond donors (Lipinski definition) is 1. The monoisotopic (exact) mass is 411 g/mol. The van der Waals surface area contributed by atoms with E-state index in [-0.39, 0.29) is 12.0 Å². The Bertz CT molecular complexity index is 959. The van der Waals surface area contributed by atoms with Crippen LogP contribution in [-0.2, 0) is 11.3 Å². The summed E-state index contributed by atoms with van der Waals surface area (Å²) < 4.78 is 13.0. The molecule has 0 unspecified atom stereocenters. The molecule has 3 aromatic rings. The number of ether oxygens (including phenoxy) is 1. The van der Waals surface area contributed by atoms with Crippen LogP contribution in [0.1, 0.15) is 58.7 Å². The summed E-state index contributed by atoms with van der Waals surface area (Å²) in [6, 6.07) is 9.48. The zero-order valence-corrected chi connectivity index (χ0v) is 18.1. The molecule has 0 aliphatic heterocycles. The van der Waals surface area contributed by atoms with Gasteiger partial charge in [-0.15, -0.1) is 5.10 Å². The molecule has 3 rings (SSSR count). The van der Waals surface area contributed by atoms with Crippen LogP contribution in [0, 0.1) is 5.92 Å². The normalized spacial score (nSPS) is 13.6. The van der Waals surface area contributed by atoms with Gasteiger partial charge in [0.15, 0.2) is 0 Å². The quantitative estimate of drug-likeness (QED) is 0.611. The third-order valence-corrected chi connectivity index (χ3v) is 4.65. The minimum absolute atomic E-state index is 0.125. The Balaban J connectivity index is 1.71. The number of aromatic nitrogens is 4. The first-order valence-corrected chi connectivity index (χ1v) is 10.1. The molecule has 2 aromatic heterocycles. The maximum Gasteiger partial charge on any atom is 0.408 e. The van der Waals surface area contributed by atoms with Gasteiger partial charge in [0.25, 0.3) is 0 Å². The predicted molar refractivity (Wildman–Crippen MR) is 113 cm³/mol. The Kier molecular flexibility index (Phi) is 6.54. The second-order valence-corrected chi connectivity index (χ2v) is 8.34. The van der Waals surface area contributed by atoms with E-state index in [0.29, 0.717) is 18.2 Å². The van der Waals surface area contributed by atoms with Gasteiger partial charge < -0.3 is 14.5 Å². The second kappa shape index (κ2) is 9.11. The van der Waals surface area contributed by atoms with E-state index in [2.05, 4.69) is 27.5 Å². The molecule has 0 aliphatic carbocycles. The molecule has 8 heteroatoms. The average Bonchev–Trinajstić information content (AvgIpc) is 3.35. The highest BCUT2D eigenvalue weighted by Gasteiger charge is 2.27. The van der Waals surface area contributed by atoms with E-state index in [4.69, 9.17) is 9.15 Å². The number of carbonyl (C=O) groups is 1. The number of nitrogens with zero attached hydrogens (tertiary/aromatic N) is 4. The Morgan fingerprint density at radius 2 is 2.00 bits per heavy atom. The molecule has 8 nitrogen and oxygen atoms in total. The molecule has 0 saturated heterocycles. The Labute approximate surface area is 176 Å². The van der Waals surface area contributed by atoms with Crippen LogP contribution >= 0.6 is 0 Å². The molecule has 2 atom stereocenters. The molecular weight excluding hydrogens is 382 g/mol. The zero-order valence-electron chi connectivity index (χ0n) is 18.1. The number of amides is 1. The number of oxazole rings is 1. The largest absolute Gasteiger partial charge is 0.444 e. The first kappa shape index (κ1) is 21.5. The van der Waals surface area contributed by atoms with Crippen molar-refractivity contribution in [1.29, 1.82) is 0 Å². The second-order valence-electron chi connectivity index (χ2n) is 8.34. The number of benzene rings is 1. The van der Waals surface area contributed by atoms with Gasteiger partial charge >= 0.3 is 6.09 Å². The summed E-state index contributed by atoms with van der Waals surface area (Å²) in [6.45, 7) is 9.97. The van der Waals surface area contributed by atoms with Crippen LogP contribution in [0.15, 0.2) is 47.1 Å². The lowest BCUT2D eigenvalue weighted by Gasteiger charge is -2.25. The van der Waals surface area contributed by atoms with Crippen molar-refractivity contribution < 1.29 is 13.9 Å². The van der Waals surface area contributed by atoms with E-state index >= 15 is 0 Å². The van der Waals surface area contributed by atoms with Gasteiger partial charge in [-0.2, -0.15) is 0 Å². The van der Waals surface area contributed by atoms with Crippen LogP contribution in [0.3, 0.4) is 0 Å². The molecule has 1 aromatic carbocycles. The van der Waals surface area contributed by atoms with Gasteiger partial charge in [-0.1, -0.05) is 55.8 Å². The molecule has 160 valence electrons. The van der Waals surface area contributed by atoms with Crippen molar-refractivity contribution in [2.24, 2.45) is 5.92 Å². The predicted octanol–water partition coefficient (Wildman–Crippen LogP) is 4.59. The van der Waals surface area contributed by atoms with Crippen molar-refractivity contribution in [3.63, 3.8) is 0 Å². The lowest BCUT2D eigenvalue weighted by atomic mass is 9.99. The van der Waals surface area contributed by atoms with Crippen LogP contribution < -0.4 is 5.32 Å². The molecule has 0 saturated carbocycles. The van der Waals surface area contributed by atoms with Gasteiger partial charge in [-0.3, -0.25) is 0 Å². The van der Waals surface area contributed by atoms with Crippen molar-refractivity contribution in [3.05, 3.63) is 54.4 Å². The fraction of sp³-hybridized carbons (Fsp3) is 0.455. The van der Waals surface area contributed by atoms with Gasteiger partial charge in [0, 0.05) is 5.56 Å². The van der Waals surface area contributed by atoms with E-state index in [9.17, 15) is 4.79 Å². The number of alkyl carbamates (subject to hydrolysis) is 1. The molecular formula is C22H29N5O3. The SMILES string of the molecule is CC[C@H](C)[C@H](NC(=O)OC(C)(C)C)c1ncc(Cn2cc(-c3ccccc3)nn2)o1. The standard InChI is InChI=1S/C22H29N5O3/c1-6-15(2)19(24-21(28)30-22(3,4)5)20-23-12-17(29-20)13-27-14-18(25-26-27)16-10-8-7-9-11-16/h7-12,14-15,19H,6,13H2,1-5H3,(H,24,28)/t15-,19-/m0/s1. The molecule has 0 aliphatic rings. The van der Waals surface area contributed by atoms with E-state index in [1.54, 1.807) is 10.9 Å². The first-order valence-electron chi connectivity index (χ1n) is 10.1. The minimum atomic E-state index is -0.574. The molecule has 1 N–H and O–H groups in total. The number of nitrogens with one attached hydrogen (secondary N) is 1. The zero-order chi connectivity index (χ0) is 21.7. The third kappa shape index (κ3) is 5.68. The Morgan fingerprint density at radius 3 is 2.67 bits per heavy atom. The van der Waals surface area contributed by atoms with Crippen molar-refractivity contribution in [3.8, 4) is 11.3 Å². The van der Waals surface area contributed by atoms with Gasteiger partial charge in [0.2, 0.25) is 5.89 Å². The lowest BCUT2D eigenvalue weighted by Crippen LogP contribution is -2.37. The molecule has 0 bridgehead atoms. The Morgan fingerprint density at radius 1 is 1.27 bits per heavy atom. The summed E-state index contributed by atoms with van der Waals surface area (Å²) >= 11 is 0. The van der Waals surface area contributed by atoms with E-state index in [0.717, 1.165) is 17.7 Å². The van der Waals surface area contributed by atoms with Crippen molar-refractivity contribution >= 4 is 6.09 Å². The fourth-order valence-corrected chi connectivity index (χ4v) is 2.93. The van der Waals surface area contributed by atoms with Gasteiger partial charge in [0.1, 0.15) is 29.6 Å². The van der Waals surface area contributed by atoms with Crippen LogP contribution in [0.4, 0.5) is 4.79 Å². The summed E-state index contributed by atoms with van der Waals surface area (Å²) in [7, 11) is 0. The minimum Gasteiger partial charge on any atom is -0.444 e. The maximum atomic E-state index is 12.3. The van der Waals surface area contributed by atoms with Crippen molar-refractivity contribution in [2.45, 2.75) is 59.2 Å². The highest BCUT2D eigenvalue weighted by molar-refractivity contribution is 5.68. The lowest BCUT2D eigenvalue weighted by molar-refractivity contribution is 0.0474. The van der Waals surface area contributed by atoms with E-state index < -0.39 is 11.7 Å². The topological polar surface area (TPSA) is 95.1 Å². The smallest absolute Gasteiger partial charge is 0.408 e. The molecule has 30 heavy (non-hydrogen) atoms. The van der Waals surface area contributed by atoms with Crippen LogP contribution in [-0.4, -0.2) is 31.7 Å². The number of hydrogen-bond acceptors (Lipinski definition) is 6. The fourth-order valence-electron chi connectivity index (χ4n) is 2.93. The summed E-state index contributed by atoms with van der Waals surface area (Å²) in [5.74, 6) is 1.21. The molecule has 1 amide bonds.